The molecule has 3 fully saturated rings. The number of nitrogens with one attached hydrogen (secondary N) is 1. The lowest BCUT2D eigenvalue weighted by atomic mass is 9.77. The van der Waals surface area contributed by atoms with Crippen molar-refractivity contribution in [3.8, 4) is 0 Å². The number of ether oxygens (including phenoxy) is 1. The van der Waals surface area contributed by atoms with E-state index in [9.17, 15) is 22.8 Å². The standard InChI is InChI=1S/C23H31F3N6O3/c1-14(2)35-22(23(24,25)26)12-31(13-22)16-6-8-21(9-7-16,11-28-3)32-10-17(18(27)33)19(30-32)29-20(34)15-4-5-15/h10,14-16H,4-9,11-13H2,1-2H3,(H2,27,33)(H,29,30,34). The fraction of sp³-hybridized carbons (Fsp3) is 0.739. The van der Waals surface area contributed by atoms with Gasteiger partial charge in [0.05, 0.1) is 6.10 Å². The zero-order chi connectivity index (χ0) is 25.6. The molecule has 0 aromatic carbocycles. The molecule has 4 rings (SSSR count). The van der Waals surface area contributed by atoms with Gasteiger partial charge in [-0.05, 0) is 52.4 Å². The van der Waals surface area contributed by atoms with Gasteiger partial charge in [-0.1, -0.05) is 0 Å². The van der Waals surface area contributed by atoms with E-state index < -0.39 is 29.3 Å². The number of nitrogens with zero attached hydrogens (tertiary/aromatic N) is 4. The molecule has 3 aliphatic rings. The number of carbonyl (C=O) groups is 2. The highest BCUT2D eigenvalue weighted by Crippen LogP contribution is 2.46. The molecule has 3 N–H and O–H groups in total. The lowest BCUT2D eigenvalue weighted by Gasteiger charge is -2.55. The van der Waals surface area contributed by atoms with Crippen LogP contribution in [0, 0.1) is 12.5 Å². The van der Waals surface area contributed by atoms with Crippen molar-refractivity contribution in [2.24, 2.45) is 11.7 Å². The number of rotatable bonds is 8. The van der Waals surface area contributed by atoms with E-state index in [0.717, 1.165) is 12.8 Å². The van der Waals surface area contributed by atoms with Crippen LogP contribution in [-0.4, -0.2) is 70.1 Å². The fourth-order valence-corrected chi connectivity index (χ4v) is 5.21. The molecule has 2 aliphatic carbocycles. The summed E-state index contributed by atoms with van der Waals surface area (Å²) in [5.74, 6) is -0.948. The normalized spacial score (nSPS) is 26.7. The van der Waals surface area contributed by atoms with E-state index in [1.54, 1.807) is 23.4 Å². The second-order valence-electron chi connectivity index (χ2n) is 10.3. The largest absolute Gasteiger partial charge is 0.419 e. The first kappa shape index (κ1) is 25.4. The molecule has 0 bridgehead atoms. The predicted molar refractivity (Wildman–Crippen MR) is 120 cm³/mol. The van der Waals surface area contributed by atoms with Crippen LogP contribution < -0.4 is 11.1 Å². The van der Waals surface area contributed by atoms with Crippen LogP contribution in [-0.2, 0) is 15.1 Å². The number of hydrogen-bond acceptors (Lipinski definition) is 5. The SMILES string of the molecule is [C-]#[N+]CC1(n2cc(C(N)=O)c(NC(=O)C3CC3)n2)CCC(N2CC(OC(C)C)(C(F)(F)F)C2)CC1. The first-order chi connectivity index (χ1) is 16.4. The topological polar surface area (TPSA) is 107 Å². The number of primary amides is 1. The Balaban J connectivity index is 1.48. The summed E-state index contributed by atoms with van der Waals surface area (Å²) in [5, 5.41) is 7.12. The average Bonchev–Trinajstić information content (AvgIpc) is 3.50. The van der Waals surface area contributed by atoms with Crippen LogP contribution in [0.3, 0.4) is 0 Å². The third-order valence-corrected chi connectivity index (χ3v) is 7.33. The third-order valence-electron chi connectivity index (χ3n) is 7.33. The van der Waals surface area contributed by atoms with Gasteiger partial charge in [0.1, 0.15) is 11.1 Å². The molecule has 12 heteroatoms. The van der Waals surface area contributed by atoms with Gasteiger partial charge in [0.2, 0.25) is 12.5 Å². The van der Waals surface area contributed by atoms with Crippen LogP contribution in [0.5, 0.6) is 0 Å². The molecule has 1 aliphatic heterocycles. The Morgan fingerprint density at radius 3 is 2.40 bits per heavy atom. The maximum atomic E-state index is 13.7. The summed E-state index contributed by atoms with van der Waals surface area (Å²) in [6.45, 7) is 10.4. The number of likely N-dealkylation sites (tertiary alicyclic amines) is 1. The molecule has 2 amide bonds. The summed E-state index contributed by atoms with van der Waals surface area (Å²) in [6, 6.07) is -0.0692. The van der Waals surface area contributed by atoms with Gasteiger partial charge in [-0.25, -0.2) is 6.57 Å². The highest BCUT2D eigenvalue weighted by molar-refractivity contribution is 6.02. The number of aromatic nitrogens is 2. The Hall–Kier alpha value is -2.65. The van der Waals surface area contributed by atoms with Crippen molar-refractivity contribution in [1.82, 2.24) is 14.7 Å². The number of hydrogen-bond donors (Lipinski definition) is 2. The van der Waals surface area contributed by atoms with Crippen LogP contribution in [0.15, 0.2) is 6.20 Å². The van der Waals surface area contributed by atoms with Gasteiger partial charge in [0.25, 0.3) is 5.91 Å². The number of anilines is 1. The van der Waals surface area contributed by atoms with Gasteiger partial charge < -0.3 is 20.6 Å². The van der Waals surface area contributed by atoms with Crippen LogP contribution in [0.1, 0.15) is 62.7 Å². The first-order valence-corrected chi connectivity index (χ1v) is 11.9. The molecule has 1 saturated heterocycles. The Labute approximate surface area is 202 Å². The van der Waals surface area contributed by atoms with Crippen LogP contribution in [0.2, 0.25) is 0 Å². The Morgan fingerprint density at radius 2 is 1.91 bits per heavy atom. The highest BCUT2D eigenvalue weighted by atomic mass is 19.4. The zero-order valence-electron chi connectivity index (χ0n) is 19.9. The molecule has 2 heterocycles. The van der Waals surface area contributed by atoms with Gasteiger partial charge in [-0.2, -0.15) is 18.3 Å². The number of carbonyl (C=O) groups excluding carboxylic acids is 2. The van der Waals surface area contributed by atoms with Crippen molar-refractivity contribution >= 4 is 17.6 Å². The molecule has 192 valence electrons. The molecule has 1 aromatic rings. The van der Waals surface area contributed by atoms with E-state index in [1.807, 2.05) is 0 Å². The number of amides is 2. The van der Waals surface area contributed by atoms with E-state index in [4.69, 9.17) is 17.0 Å². The maximum Gasteiger partial charge on any atom is 0.419 e. The van der Waals surface area contributed by atoms with Gasteiger partial charge in [-0.3, -0.25) is 19.2 Å². The van der Waals surface area contributed by atoms with Crippen molar-refractivity contribution < 1.29 is 27.5 Å². The molecule has 35 heavy (non-hydrogen) atoms. The quantitative estimate of drug-likeness (QED) is 0.539. The highest BCUT2D eigenvalue weighted by Gasteiger charge is 2.64. The predicted octanol–water partition coefficient (Wildman–Crippen LogP) is 2.93. The summed E-state index contributed by atoms with van der Waals surface area (Å²) in [6.07, 6.45) is 0.202. The molecule has 2 saturated carbocycles. The summed E-state index contributed by atoms with van der Waals surface area (Å²) in [7, 11) is 0. The van der Waals surface area contributed by atoms with Crippen molar-refractivity contribution in [2.75, 3.05) is 25.0 Å². The fourth-order valence-electron chi connectivity index (χ4n) is 5.21. The maximum absolute atomic E-state index is 13.7. The smallest absolute Gasteiger partial charge is 0.365 e. The minimum absolute atomic E-state index is 0.0692. The minimum Gasteiger partial charge on any atom is -0.365 e. The van der Waals surface area contributed by atoms with Crippen LogP contribution in [0.25, 0.3) is 4.85 Å². The van der Waals surface area contributed by atoms with Gasteiger partial charge in [0.15, 0.2) is 11.4 Å². The van der Waals surface area contributed by atoms with Crippen molar-refractivity contribution in [2.45, 2.75) is 81.8 Å². The summed E-state index contributed by atoms with van der Waals surface area (Å²) in [4.78, 5) is 29.6. The summed E-state index contributed by atoms with van der Waals surface area (Å²) >= 11 is 0. The van der Waals surface area contributed by atoms with E-state index >= 15 is 0 Å². The Bertz CT molecular complexity index is 1010. The van der Waals surface area contributed by atoms with E-state index in [2.05, 4.69) is 15.3 Å². The second kappa shape index (κ2) is 9.09. The van der Waals surface area contributed by atoms with Gasteiger partial charge in [-0.15, -0.1) is 0 Å². The van der Waals surface area contributed by atoms with Gasteiger partial charge >= 0.3 is 6.18 Å². The number of nitrogens with two attached hydrogens (primary N) is 1. The average molecular weight is 497 g/mol. The third kappa shape index (κ3) is 4.89. The first-order valence-electron chi connectivity index (χ1n) is 11.9. The van der Waals surface area contributed by atoms with E-state index in [1.165, 1.54) is 6.20 Å². The lowest BCUT2D eigenvalue weighted by molar-refractivity contribution is -0.332. The van der Waals surface area contributed by atoms with E-state index in [-0.39, 0.29) is 48.9 Å². The molecule has 9 nitrogen and oxygen atoms in total. The lowest BCUT2D eigenvalue weighted by Crippen LogP contribution is -2.73. The molecular formula is C23H31F3N6O3. The molecule has 0 spiro atoms. The monoisotopic (exact) mass is 496 g/mol. The molecule has 1 aromatic heterocycles. The molecule has 0 unspecified atom stereocenters. The van der Waals surface area contributed by atoms with Gasteiger partial charge in [0, 0.05) is 31.2 Å². The van der Waals surface area contributed by atoms with Crippen molar-refractivity contribution in [1.29, 1.82) is 0 Å². The Morgan fingerprint density at radius 1 is 1.29 bits per heavy atom. The zero-order valence-corrected chi connectivity index (χ0v) is 19.9. The van der Waals surface area contributed by atoms with Crippen molar-refractivity contribution in [3.05, 3.63) is 23.2 Å². The molecule has 0 radical (unpaired) electrons. The van der Waals surface area contributed by atoms with Crippen LogP contribution >= 0.6 is 0 Å². The Kier molecular flexibility index (Phi) is 6.61. The summed E-state index contributed by atoms with van der Waals surface area (Å²) < 4.78 is 47.9. The van der Waals surface area contributed by atoms with Crippen molar-refractivity contribution in [3.63, 3.8) is 0 Å². The summed E-state index contributed by atoms with van der Waals surface area (Å²) in [5.41, 5.74) is 2.72. The van der Waals surface area contributed by atoms with Crippen LogP contribution in [0.4, 0.5) is 19.0 Å². The second-order valence-corrected chi connectivity index (χ2v) is 10.3. The molecular weight excluding hydrogens is 465 g/mol. The minimum atomic E-state index is -4.45. The molecule has 0 atom stereocenters. The van der Waals surface area contributed by atoms with E-state index in [0.29, 0.717) is 25.7 Å². The number of halogens is 3. The number of alkyl halides is 3.